The van der Waals surface area contributed by atoms with Crippen molar-refractivity contribution in [2.24, 2.45) is 0 Å². The zero-order chi connectivity index (χ0) is 23.0. The maximum atomic E-state index is 12.5. The Hall–Kier alpha value is -3.17. The first-order valence-electron chi connectivity index (χ1n) is 10.9. The number of hydrogen-bond donors (Lipinski definition) is 1. The molecule has 0 radical (unpaired) electrons. The van der Waals surface area contributed by atoms with Crippen molar-refractivity contribution in [2.75, 3.05) is 38.5 Å². The summed E-state index contributed by atoms with van der Waals surface area (Å²) in [5, 5.41) is 3.77. The van der Waals surface area contributed by atoms with Crippen LogP contribution in [0.5, 0.6) is 11.5 Å². The number of ether oxygens (including phenoxy) is 3. The van der Waals surface area contributed by atoms with Crippen molar-refractivity contribution in [3.8, 4) is 11.5 Å². The summed E-state index contributed by atoms with van der Waals surface area (Å²) in [5.41, 5.74) is 3.37. The molecule has 9 heteroatoms. The molecule has 1 N–H and O–H groups in total. The van der Waals surface area contributed by atoms with Crippen LogP contribution < -0.4 is 19.7 Å². The highest BCUT2D eigenvalue weighted by Gasteiger charge is 2.16. The third-order valence-corrected chi connectivity index (χ3v) is 6.13. The zero-order valence-corrected chi connectivity index (χ0v) is 19.7. The highest BCUT2D eigenvalue weighted by atomic mass is 32.1. The predicted octanol–water partition coefficient (Wildman–Crippen LogP) is 3.33. The number of nitrogens with one attached hydrogen (secondary N) is 1. The molecule has 4 rings (SSSR count). The van der Waals surface area contributed by atoms with Crippen molar-refractivity contribution in [2.45, 2.75) is 26.3 Å². The maximum absolute atomic E-state index is 12.5. The molecule has 2 aromatic carbocycles. The summed E-state index contributed by atoms with van der Waals surface area (Å²) in [6, 6.07) is 14.1. The van der Waals surface area contributed by atoms with Gasteiger partial charge in [-0.05, 0) is 30.2 Å². The second kappa shape index (κ2) is 11.1. The Kier molecular flexibility index (Phi) is 7.74. The molecule has 0 aliphatic carbocycles. The predicted molar refractivity (Wildman–Crippen MR) is 127 cm³/mol. The zero-order valence-electron chi connectivity index (χ0n) is 18.9. The molecule has 1 aliphatic heterocycles. The molecule has 33 heavy (non-hydrogen) atoms. The van der Waals surface area contributed by atoms with E-state index in [4.69, 9.17) is 19.2 Å². The smallest absolute Gasteiger partial charge is 0.231 e. The van der Waals surface area contributed by atoms with Crippen LogP contribution in [0.15, 0.2) is 42.5 Å². The van der Waals surface area contributed by atoms with Gasteiger partial charge < -0.3 is 24.4 Å². The van der Waals surface area contributed by atoms with Gasteiger partial charge in [0.1, 0.15) is 5.82 Å². The lowest BCUT2D eigenvalue weighted by atomic mass is 10.1. The van der Waals surface area contributed by atoms with Crippen LogP contribution in [0.1, 0.15) is 28.9 Å². The van der Waals surface area contributed by atoms with Gasteiger partial charge in [0.15, 0.2) is 11.5 Å². The molecular weight excluding hydrogens is 440 g/mol. The summed E-state index contributed by atoms with van der Waals surface area (Å²) >= 11 is 1.36. The topological polar surface area (TPSA) is 85.8 Å². The summed E-state index contributed by atoms with van der Waals surface area (Å²) in [4.78, 5) is 19.2. The molecule has 1 amide bonds. The second-order valence-electron chi connectivity index (χ2n) is 7.85. The van der Waals surface area contributed by atoms with Gasteiger partial charge in [-0.3, -0.25) is 4.79 Å². The molecule has 0 atom stereocenters. The van der Waals surface area contributed by atoms with E-state index in [0.717, 1.165) is 22.3 Å². The number of rotatable bonds is 11. The van der Waals surface area contributed by atoms with Crippen LogP contribution in [0, 0.1) is 6.92 Å². The summed E-state index contributed by atoms with van der Waals surface area (Å²) in [6.45, 7) is 4.47. The second-order valence-corrected chi connectivity index (χ2v) is 8.58. The first-order chi connectivity index (χ1) is 16.1. The van der Waals surface area contributed by atoms with Crippen LogP contribution in [-0.4, -0.2) is 48.9 Å². The molecule has 0 unspecified atom stereocenters. The molecular formula is C24H28N4O4S. The van der Waals surface area contributed by atoms with Crippen LogP contribution in [0.2, 0.25) is 0 Å². The minimum Gasteiger partial charge on any atom is -0.454 e. The van der Waals surface area contributed by atoms with Crippen LogP contribution in [-0.2, 0) is 22.5 Å². The Balaban J connectivity index is 1.30. The van der Waals surface area contributed by atoms with E-state index in [1.807, 2.05) is 18.2 Å². The van der Waals surface area contributed by atoms with Crippen LogP contribution in [0.4, 0.5) is 5.13 Å². The van der Waals surface area contributed by atoms with E-state index in [9.17, 15) is 4.79 Å². The van der Waals surface area contributed by atoms with E-state index in [-0.39, 0.29) is 12.7 Å². The van der Waals surface area contributed by atoms with Crippen molar-refractivity contribution >= 4 is 22.6 Å². The fourth-order valence-electron chi connectivity index (χ4n) is 3.41. The van der Waals surface area contributed by atoms with Crippen molar-refractivity contribution in [1.29, 1.82) is 0 Å². The number of benzene rings is 2. The Labute approximate surface area is 197 Å². The maximum Gasteiger partial charge on any atom is 0.231 e. The van der Waals surface area contributed by atoms with E-state index in [1.54, 1.807) is 7.11 Å². The first kappa shape index (κ1) is 23.0. The molecule has 0 bridgehead atoms. The lowest BCUT2D eigenvalue weighted by Crippen LogP contribution is -2.32. The number of amides is 1. The number of methoxy groups -OCH3 is 1. The van der Waals surface area contributed by atoms with E-state index in [2.05, 4.69) is 45.8 Å². The number of aryl methyl sites for hydroxylation is 1. The molecule has 8 nitrogen and oxygen atoms in total. The first-order valence-corrected chi connectivity index (χ1v) is 11.7. The molecule has 3 aromatic rings. The molecule has 0 spiro atoms. The molecule has 0 fully saturated rings. The normalized spacial score (nSPS) is 12.1. The molecule has 1 aromatic heterocycles. The summed E-state index contributed by atoms with van der Waals surface area (Å²) < 4.78 is 20.5. The number of carbonyl (C=O) groups excluding carboxylic acids is 1. The van der Waals surface area contributed by atoms with Crippen molar-refractivity contribution in [3.63, 3.8) is 0 Å². The van der Waals surface area contributed by atoms with Gasteiger partial charge in [-0.2, -0.15) is 4.37 Å². The van der Waals surface area contributed by atoms with Gasteiger partial charge in [-0.1, -0.05) is 35.9 Å². The Bertz CT molecular complexity index is 1070. The monoisotopic (exact) mass is 468 g/mol. The van der Waals surface area contributed by atoms with E-state index in [0.29, 0.717) is 44.8 Å². The third-order valence-electron chi connectivity index (χ3n) is 5.31. The van der Waals surface area contributed by atoms with Crippen LogP contribution in [0.3, 0.4) is 0 Å². The van der Waals surface area contributed by atoms with Crippen molar-refractivity contribution in [1.82, 2.24) is 14.7 Å². The highest BCUT2D eigenvalue weighted by molar-refractivity contribution is 7.09. The molecule has 1 aliphatic rings. The molecule has 2 heterocycles. The van der Waals surface area contributed by atoms with Gasteiger partial charge in [-0.15, -0.1) is 0 Å². The number of carbonyl (C=O) groups is 1. The quantitative estimate of drug-likeness (QED) is 0.462. The molecule has 174 valence electrons. The SMILES string of the molecule is COCCN(CCC(=O)NCc1ccc2c(c1)OCO2)c1nc(Cc2ccc(C)cc2)ns1. The van der Waals surface area contributed by atoms with Gasteiger partial charge in [-0.25, -0.2) is 4.98 Å². The number of anilines is 1. The lowest BCUT2D eigenvalue weighted by Gasteiger charge is -2.20. The summed E-state index contributed by atoms with van der Waals surface area (Å²) in [5.74, 6) is 2.20. The Morgan fingerprint density at radius 3 is 2.73 bits per heavy atom. The lowest BCUT2D eigenvalue weighted by molar-refractivity contribution is -0.121. The largest absolute Gasteiger partial charge is 0.454 e. The number of hydrogen-bond acceptors (Lipinski definition) is 8. The average Bonchev–Trinajstić information content (AvgIpc) is 3.48. The number of fused-ring (bicyclic) bond motifs is 1. The average molecular weight is 469 g/mol. The van der Waals surface area contributed by atoms with Crippen LogP contribution >= 0.6 is 11.5 Å². The Morgan fingerprint density at radius 1 is 1.12 bits per heavy atom. The highest BCUT2D eigenvalue weighted by Crippen LogP contribution is 2.32. The fourth-order valence-corrected chi connectivity index (χ4v) is 4.15. The van der Waals surface area contributed by atoms with Gasteiger partial charge in [0.2, 0.25) is 17.8 Å². The standard InChI is InChI=1S/C24H28N4O4S/c1-17-3-5-18(6-4-17)14-22-26-24(33-27-22)28(11-12-30-2)10-9-23(29)25-15-19-7-8-20-21(13-19)32-16-31-20/h3-8,13H,9-12,14-16H2,1-2H3,(H,25,29). The van der Waals surface area contributed by atoms with E-state index < -0.39 is 0 Å². The summed E-state index contributed by atoms with van der Waals surface area (Å²) in [7, 11) is 1.67. The van der Waals surface area contributed by atoms with Crippen molar-refractivity contribution in [3.05, 3.63) is 65.0 Å². The number of aromatic nitrogens is 2. The molecule has 0 saturated carbocycles. The minimum atomic E-state index is -0.0283. The Morgan fingerprint density at radius 2 is 1.91 bits per heavy atom. The number of nitrogens with zero attached hydrogens (tertiary/aromatic N) is 3. The van der Waals surface area contributed by atoms with E-state index >= 15 is 0 Å². The van der Waals surface area contributed by atoms with Crippen molar-refractivity contribution < 1.29 is 19.0 Å². The third kappa shape index (κ3) is 6.43. The minimum absolute atomic E-state index is 0.0283. The van der Waals surface area contributed by atoms with E-state index in [1.165, 1.54) is 22.7 Å². The fraction of sp³-hybridized carbons (Fsp3) is 0.375. The summed E-state index contributed by atoms with van der Waals surface area (Å²) in [6.07, 6.45) is 1.03. The van der Waals surface area contributed by atoms with Gasteiger partial charge in [0, 0.05) is 51.1 Å². The molecule has 0 saturated heterocycles. The van der Waals surface area contributed by atoms with Gasteiger partial charge in [0.25, 0.3) is 0 Å². The van der Waals surface area contributed by atoms with Gasteiger partial charge >= 0.3 is 0 Å². The van der Waals surface area contributed by atoms with Crippen LogP contribution in [0.25, 0.3) is 0 Å². The van der Waals surface area contributed by atoms with Gasteiger partial charge in [0.05, 0.1) is 6.61 Å².